The van der Waals surface area contributed by atoms with Crippen molar-refractivity contribution in [1.29, 1.82) is 0 Å². The predicted molar refractivity (Wildman–Crippen MR) is 91.2 cm³/mol. The van der Waals surface area contributed by atoms with E-state index in [1.165, 1.54) is 22.1 Å². The van der Waals surface area contributed by atoms with E-state index in [0.717, 1.165) is 28.6 Å². The van der Waals surface area contributed by atoms with Crippen molar-refractivity contribution in [2.45, 2.75) is 27.7 Å². The van der Waals surface area contributed by atoms with E-state index in [0.29, 0.717) is 0 Å². The smallest absolute Gasteiger partial charge is 0.183 e. The highest BCUT2D eigenvalue weighted by Gasteiger charge is 2.11. The Hall–Kier alpha value is -1.94. The van der Waals surface area contributed by atoms with Gasteiger partial charge < -0.3 is 5.32 Å². The molecule has 0 saturated carbocycles. The van der Waals surface area contributed by atoms with Gasteiger partial charge >= 0.3 is 0 Å². The fraction of sp³-hybridized carbons (Fsp3) is 0.294. The standard InChI is InChI=1S/C17H19N3S/c1-5-18-17-20-16(9-21-17)14-8-12(4)19-15-7-11(3)10(2)6-13(14)15/h6-9H,5H2,1-4H3,(H,18,20). The highest BCUT2D eigenvalue weighted by atomic mass is 32.1. The molecule has 0 radical (unpaired) electrons. The molecule has 21 heavy (non-hydrogen) atoms. The average Bonchev–Trinajstić information content (AvgIpc) is 2.89. The molecule has 108 valence electrons. The number of thiazole rings is 1. The van der Waals surface area contributed by atoms with Crippen molar-refractivity contribution in [3.63, 3.8) is 0 Å². The number of nitrogens with one attached hydrogen (secondary N) is 1. The summed E-state index contributed by atoms with van der Waals surface area (Å²) in [7, 11) is 0. The summed E-state index contributed by atoms with van der Waals surface area (Å²) in [5.41, 5.74) is 6.83. The molecule has 1 aromatic carbocycles. The van der Waals surface area contributed by atoms with Crippen molar-refractivity contribution in [2.24, 2.45) is 0 Å². The van der Waals surface area contributed by atoms with E-state index in [1.54, 1.807) is 11.3 Å². The molecule has 0 bridgehead atoms. The molecular weight excluding hydrogens is 278 g/mol. The van der Waals surface area contributed by atoms with Crippen molar-refractivity contribution in [2.75, 3.05) is 11.9 Å². The third-order valence-corrected chi connectivity index (χ3v) is 4.46. The molecule has 3 rings (SSSR count). The molecule has 3 aromatic rings. The number of anilines is 1. The lowest BCUT2D eigenvalue weighted by molar-refractivity contribution is 1.19. The summed E-state index contributed by atoms with van der Waals surface area (Å²) >= 11 is 1.65. The first-order valence-electron chi connectivity index (χ1n) is 7.17. The van der Waals surface area contributed by atoms with Gasteiger partial charge in [-0.25, -0.2) is 4.98 Å². The predicted octanol–water partition coefficient (Wildman–Crippen LogP) is 4.72. The van der Waals surface area contributed by atoms with Crippen LogP contribution in [0.5, 0.6) is 0 Å². The van der Waals surface area contributed by atoms with E-state index < -0.39 is 0 Å². The van der Waals surface area contributed by atoms with Gasteiger partial charge in [0.1, 0.15) is 0 Å². The van der Waals surface area contributed by atoms with Crippen LogP contribution in [0.15, 0.2) is 23.6 Å². The van der Waals surface area contributed by atoms with Gasteiger partial charge in [-0.2, -0.15) is 0 Å². The number of rotatable bonds is 3. The van der Waals surface area contributed by atoms with Crippen molar-refractivity contribution < 1.29 is 0 Å². The van der Waals surface area contributed by atoms with Gasteiger partial charge in [0.25, 0.3) is 0 Å². The first kappa shape index (κ1) is 14.0. The summed E-state index contributed by atoms with van der Waals surface area (Å²) in [5.74, 6) is 0. The Morgan fingerprint density at radius 3 is 2.57 bits per heavy atom. The normalized spacial score (nSPS) is 11.0. The number of nitrogens with zero attached hydrogens (tertiary/aromatic N) is 2. The summed E-state index contributed by atoms with van der Waals surface area (Å²) in [6.07, 6.45) is 0. The van der Waals surface area contributed by atoms with Crippen LogP contribution in [0, 0.1) is 20.8 Å². The molecule has 0 spiro atoms. The molecule has 0 atom stereocenters. The minimum absolute atomic E-state index is 0.890. The molecule has 0 aliphatic rings. The number of aromatic nitrogens is 2. The number of hydrogen-bond acceptors (Lipinski definition) is 4. The fourth-order valence-corrected chi connectivity index (χ4v) is 3.24. The minimum Gasteiger partial charge on any atom is -0.362 e. The maximum absolute atomic E-state index is 4.69. The zero-order valence-corrected chi connectivity index (χ0v) is 13.6. The van der Waals surface area contributed by atoms with Crippen molar-refractivity contribution in [1.82, 2.24) is 9.97 Å². The van der Waals surface area contributed by atoms with Gasteiger partial charge in [-0.1, -0.05) is 0 Å². The van der Waals surface area contributed by atoms with Gasteiger partial charge in [0.2, 0.25) is 0 Å². The first-order valence-corrected chi connectivity index (χ1v) is 8.05. The lowest BCUT2D eigenvalue weighted by Crippen LogP contribution is -1.95. The molecule has 0 aliphatic carbocycles. The number of benzene rings is 1. The van der Waals surface area contributed by atoms with Crippen molar-refractivity contribution in [3.8, 4) is 11.3 Å². The second-order valence-electron chi connectivity index (χ2n) is 5.33. The Morgan fingerprint density at radius 2 is 1.81 bits per heavy atom. The van der Waals surface area contributed by atoms with Crippen molar-refractivity contribution >= 4 is 27.4 Å². The van der Waals surface area contributed by atoms with Crippen LogP contribution in [0.1, 0.15) is 23.7 Å². The lowest BCUT2D eigenvalue weighted by Gasteiger charge is -2.09. The highest BCUT2D eigenvalue weighted by Crippen LogP contribution is 2.32. The number of hydrogen-bond donors (Lipinski definition) is 1. The molecule has 0 amide bonds. The zero-order chi connectivity index (χ0) is 15.0. The van der Waals surface area contributed by atoms with E-state index in [-0.39, 0.29) is 0 Å². The Balaban J connectivity index is 2.22. The summed E-state index contributed by atoms with van der Waals surface area (Å²) in [4.78, 5) is 9.36. The molecule has 2 heterocycles. The third-order valence-electron chi connectivity index (χ3n) is 3.66. The van der Waals surface area contributed by atoms with E-state index in [2.05, 4.69) is 54.7 Å². The Morgan fingerprint density at radius 1 is 1.05 bits per heavy atom. The van der Waals surface area contributed by atoms with Crippen LogP contribution in [0.2, 0.25) is 0 Å². The molecule has 2 aromatic heterocycles. The summed E-state index contributed by atoms with van der Waals surface area (Å²) < 4.78 is 0. The zero-order valence-electron chi connectivity index (χ0n) is 12.8. The van der Waals surface area contributed by atoms with Crippen LogP contribution in [-0.2, 0) is 0 Å². The Kier molecular flexibility index (Phi) is 3.64. The molecule has 0 unspecified atom stereocenters. The molecule has 0 fully saturated rings. The summed E-state index contributed by atoms with van der Waals surface area (Å²) in [5, 5.41) is 7.53. The number of pyridine rings is 1. The summed E-state index contributed by atoms with van der Waals surface area (Å²) in [6.45, 7) is 9.28. The Labute approximate surface area is 129 Å². The van der Waals surface area contributed by atoms with E-state index in [4.69, 9.17) is 4.98 Å². The van der Waals surface area contributed by atoms with Gasteiger partial charge in [-0.3, -0.25) is 4.98 Å². The largest absolute Gasteiger partial charge is 0.362 e. The topological polar surface area (TPSA) is 37.8 Å². The number of fused-ring (bicyclic) bond motifs is 1. The molecule has 3 nitrogen and oxygen atoms in total. The van der Waals surface area contributed by atoms with Crippen LogP contribution in [-0.4, -0.2) is 16.5 Å². The van der Waals surface area contributed by atoms with Crippen LogP contribution >= 0.6 is 11.3 Å². The molecule has 0 saturated heterocycles. The van der Waals surface area contributed by atoms with Crippen LogP contribution in [0.3, 0.4) is 0 Å². The molecule has 4 heteroatoms. The van der Waals surface area contributed by atoms with E-state index >= 15 is 0 Å². The van der Waals surface area contributed by atoms with Crippen LogP contribution in [0.4, 0.5) is 5.13 Å². The third kappa shape index (κ3) is 2.63. The van der Waals surface area contributed by atoms with Crippen LogP contribution in [0.25, 0.3) is 22.2 Å². The fourth-order valence-electron chi connectivity index (χ4n) is 2.46. The van der Waals surface area contributed by atoms with Gasteiger partial charge in [-0.15, -0.1) is 11.3 Å². The minimum atomic E-state index is 0.890. The molecule has 1 N–H and O–H groups in total. The quantitative estimate of drug-likeness (QED) is 0.760. The second-order valence-corrected chi connectivity index (χ2v) is 6.19. The van der Waals surface area contributed by atoms with Crippen LogP contribution < -0.4 is 5.32 Å². The van der Waals surface area contributed by atoms with Gasteiger partial charge in [0, 0.05) is 28.6 Å². The number of aryl methyl sites for hydroxylation is 3. The summed E-state index contributed by atoms with van der Waals surface area (Å²) in [6, 6.07) is 6.51. The van der Waals surface area contributed by atoms with Crippen molar-refractivity contribution in [3.05, 3.63) is 40.4 Å². The lowest BCUT2D eigenvalue weighted by atomic mass is 10.0. The average molecular weight is 297 g/mol. The Bertz CT molecular complexity index is 805. The molecule has 0 aliphatic heterocycles. The van der Waals surface area contributed by atoms with Gasteiger partial charge in [-0.05, 0) is 57.0 Å². The van der Waals surface area contributed by atoms with E-state index in [9.17, 15) is 0 Å². The van der Waals surface area contributed by atoms with Gasteiger partial charge in [0.15, 0.2) is 5.13 Å². The second kappa shape index (κ2) is 5.45. The highest BCUT2D eigenvalue weighted by molar-refractivity contribution is 7.14. The monoisotopic (exact) mass is 297 g/mol. The first-order chi connectivity index (χ1) is 10.1. The van der Waals surface area contributed by atoms with E-state index in [1.807, 2.05) is 6.92 Å². The van der Waals surface area contributed by atoms with Gasteiger partial charge in [0.05, 0.1) is 11.2 Å². The SMILES string of the molecule is CCNc1nc(-c2cc(C)nc3cc(C)c(C)cc23)cs1. The maximum Gasteiger partial charge on any atom is 0.183 e. The molecular formula is C17H19N3S. The maximum atomic E-state index is 4.69.